The van der Waals surface area contributed by atoms with Crippen LogP contribution >= 0.6 is 11.8 Å². The Kier molecular flexibility index (Phi) is 7.82. The molecule has 1 aromatic carbocycles. The van der Waals surface area contributed by atoms with Gasteiger partial charge in [0.1, 0.15) is 11.6 Å². The fraction of sp³-hybridized carbons (Fsp3) is 0.615. The lowest BCUT2D eigenvalue weighted by atomic mass is 9.88. The molecule has 0 spiro atoms. The van der Waals surface area contributed by atoms with Crippen LogP contribution in [0.2, 0.25) is 0 Å². The number of thioether (sulfide) groups is 1. The summed E-state index contributed by atoms with van der Waals surface area (Å²) < 4.78 is 5.63. The van der Waals surface area contributed by atoms with E-state index >= 15 is 0 Å². The zero-order valence-electron chi connectivity index (χ0n) is 21.0. The third-order valence-electron chi connectivity index (χ3n) is 7.10. The van der Waals surface area contributed by atoms with Gasteiger partial charge >= 0.3 is 18.0 Å². The predicted octanol–water partition coefficient (Wildman–Crippen LogP) is 3.48. The van der Waals surface area contributed by atoms with Crippen LogP contribution in [0.1, 0.15) is 52.0 Å². The van der Waals surface area contributed by atoms with E-state index < -0.39 is 29.6 Å². The van der Waals surface area contributed by atoms with Crippen molar-refractivity contribution < 1.29 is 29.0 Å². The first-order valence-corrected chi connectivity index (χ1v) is 13.6. The van der Waals surface area contributed by atoms with Gasteiger partial charge in [0.05, 0.1) is 18.3 Å². The largest absolute Gasteiger partial charge is 0.481 e. The van der Waals surface area contributed by atoms with E-state index in [4.69, 9.17) is 9.84 Å². The molecule has 1 aromatic rings. The number of hydrogen-bond acceptors (Lipinski definition) is 6. The summed E-state index contributed by atoms with van der Waals surface area (Å²) in [6.45, 7) is 5.18. The van der Waals surface area contributed by atoms with Crippen LogP contribution in [0.4, 0.5) is 10.5 Å². The van der Waals surface area contributed by atoms with Crippen LogP contribution in [0.25, 0.3) is 0 Å². The van der Waals surface area contributed by atoms with Crippen molar-refractivity contribution in [3.63, 3.8) is 0 Å². The van der Waals surface area contributed by atoms with Gasteiger partial charge in [-0.15, -0.1) is 11.8 Å². The third kappa shape index (κ3) is 6.32. The number of carbonyl (C=O) groups is 4. The van der Waals surface area contributed by atoms with E-state index in [0.717, 1.165) is 6.42 Å². The minimum absolute atomic E-state index is 0.0946. The van der Waals surface area contributed by atoms with Gasteiger partial charge in [0.2, 0.25) is 5.91 Å². The molecule has 9 nitrogen and oxygen atoms in total. The number of urea groups is 1. The Labute approximate surface area is 215 Å². The minimum atomic E-state index is -0.963. The number of anilines is 1. The fourth-order valence-electron chi connectivity index (χ4n) is 5.72. The summed E-state index contributed by atoms with van der Waals surface area (Å²) in [4.78, 5) is 51.6. The number of fused-ring (bicyclic) bond motifs is 2. The summed E-state index contributed by atoms with van der Waals surface area (Å²) in [5, 5.41) is 14.1. The van der Waals surface area contributed by atoms with Gasteiger partial charge in [0.15, 0.2) is 0 Å². The smallest absolute Gasteiger partial charge is 0.330 e. The van der Waals surface area contributed by atoms with Crippen molar-refractivity contribution in [2.45, 2.75) is 69.9 Å². The van der Waals surface area contributed by atoms with Crippen molar-refractivity contribution in [2.75, 3.05) is 17.6 Å². The highest BCUT2D eigenvalue weighted by Gasteiger charge is 2.51. The highest BCUT2D eigenvalue weighted by atomic mass is 32.2. The molecule has 1 saturated heterocycles. The third-order valence-corrected chi connectivity index (χ3v) is 8.53. The summed E-state index contributed by atoms with van der Waals surface area (Å²) in [7, 11) is 0. The second-order valence-electron chi connectivity index (χ2n) is 11.0. The van der Waals surface area contributed by atoms with Gasteiger partial charge in [-0.25, -0.2) is 9.59 Å². The van der Waals surface area contributed by atoms with Gasteiger partial charge in [0, 0.05) is 11.4 Å². The number of rotatable bonds is 7. The van der Waals surface area contributed by atoms with Gasteiger partial charge < -0.3 is 25.4 Å². The van der Waals surface area contributed by atoms with E-state index in [9.17, 15) is 19.2 Å². The number of benzene rings is 1. The molecule has 3 N–H and O–H groups in total. The van der Waals surface area contributed by atoms with Crippen LogP contribution in [0.5, 0.6) is 0 Å². The van der Waals surface area contributed by atoms with E-state index in [1.807, 2.05) is 20.8 Å². The van der Waals surface area contributed by atoms with E-state index in [0.29, 0.717) is 34.8 Å². The highest BCUT2D eigenvalue weighted by molar-refractivity contribution is 8.00. The SMILES string of the molecule is CC(C)(C)OC(=O)C1CSC([C@@H]2C[C@H]3CCC2C3)N1C(=O)CNC(=O)Nc1cccc(CC(=O)O)c1. The number of nitrogens with zero attached hydrogens (tertiary/aromatic N) is 1. The Bertz CT molecular complexity index is 1030. The van der Waals surface area contributed by atoms with E-state index in [-0.39, 0.29) is 24.2 Å². The number of esters is 1. The average Bonchev–Trinajstić information content (AvgIpc) is 3.51. The van der Waals surface area contributed by atoms with Crippen LogP contribution in [0.15, 0.2) is 24.3 Å². The molecule has 3 aliphatic rings. The lowest BCUT2D eigenvalue weighted by Crippen LogP contribution is -2.53. The Hall–Kier alpha value is -2.75. The molecule has 196 valence electrons. The summed E-state index contributed by atoms with van der Waals surface area (Å²) in [5.74, 6) is 0.452. The molecule has 5 atom stereocenters. The predicted molar refractivity (Wildman–Crippen MR) is 136 cm³/mol. The van der Waals surface area contributed by atoms with Crippen LogP contribution in [-0.4, -0.2) is 63.2 Å². The van der Waals surface area contributed by atoms with Crippen molar-refractivity contribution >= 4 is 41.3 Å². The zero-order chi connectivity index (χ0) is 26.0. The lowest BCUT2D eigenvalue weighted by molar-refractivity contribution is -0.164. The molecule has 4 rings (SSSR count). The molecule has 2 saturated carbocycles. The average molecular weight is 518 g/mol. The Morgan fingerprint density at radius 3 is 2.58 bits per heavy atom. The monoisotopic (exact) mass is 517 g/mol. The molecule has 0 radical (unpaired) electrons. The summed E-state index contributed by atoms with van der Waals surface area (Å²) in [6.07, 6.45) is 4.54. The first kappa shape index (κ1) is 26.3. The number of carboxylic acid groups (broad SMARTS) is 1. The van der Waals surface area contributed by atoms with Gasteiger partial charge in [-0.05, 0) is 75.5 Å². The molecule has 3 fully saturated rings. The quantitative estimate of drug-likeness (QED) is 0.473. The molecule has 3 amide bonds. The van der Waals surface area contributed by atoms with Crippen molar-refractivity contribution in [3.05, 3.63) is 29.8 Å². The van der Waals surface area contributed by atoms with Crippen LogP contribution in [0.3, 0.4) is 0 Å². The maximum atomic E-state index is 13.4. The van der Waals surface area contributed by atoms with Gasteiger partial charge in [-0.3, -0.25) is 9.59 Å². The molecule has 0 aromatic heterocycles. The first-order chi connectivity index (χ1) is 17.0. The van der Waals surface area contributed by atoms with Gasteiger partial charge in [0.25, 0.3) is 0 Å². The van der Waals surface area contributed by atoms with Crippen LogP contribution in [-0.2, 0) is 25.5 Å². The molecule has 1 heterocycles. The summed E-state index contributed by atoms with van der Waals surface area (Å²) in [6, 6.07) is 5.30. The molecule has 2 bridgehead atoms. The minimum Gasteiger partial charge on any atom is -0.481 e. The van der Waals surface area contributed by atoms with Crippen LogP contribution < -0.4 is 10.6 Å². The molecule has 3 unspecified atom stereocenters. The maximum absolute atomic E-state index is 13.4. The number of aliphatic carboxylic acids is 1. The van der Waals surface area contributed by atoms with Crippen molar-refractivity contribution in [2.24, 2.45) is 17.8 Å². The van der Waals surface area contributed by atoms with Gasteiger partial charge in [-0.1, -0.05) is 18.6 Å². The number of hydrogen-bond donors (Lipinski definition) is 3. The lowest BCUT2D eigenvalue weighted by Gasteiger charge is -2.36. The first-order valence-electron chi connectivity index (χ1n) is 12.5. The molecule has 2 aliphatic carbocycles. The molecular weight excluding hydrogens is 482 g/mol. The van der Waals surface area contributed by atoms with Gasteiger partial charge in [-0.2, -0.15) is 0 Å². The van der Waals surface area contributed by atoms with E-state index in [1.54, 1.807) is 40.9 Å². The standard InChI is InChI=1S/C26H35N3O6S/c1-26(2,3)35-24(33)20-14-36-23(19-11-16-7-8-17(19)9-16)29(20)21(30)13-27-25(34)28-18-6-4-5-15(10-18)12-22(31)32/h4-6,10,16-17,19-20,23H,7-9,11-14H2,1-3H3,(H,31,32)(H2,27,28,34)/t16-,17?,19+,20?,23?/m0/s1. The second kappa shape index (κ2) is 10.7. The van der Waals surface area contributed by atoms with Crippen molar-refractivity contribution in [1.82, 2.24) is 10.2 Å². The number of carboxylic acids is 1. The number of carbonyl (C=O) groups excluding carboxylic acids is 3. The molecular formula is C26H35N3O6S. The normalized spacial score (nSPS) is 27.1. The highest BCUT2D eigenvalue weighted by Crippen LogP contribution is 2.53. The Morgan fingerprint density at radius 1 is 1.17 bits per heavy atom. The van der Waals surface area contributed by atoms with Crippen molar-refractivity contribution in [3.8, 4) is 0 Å². The Morgan fingerprint density at radius 2 is 1.94 bits per heavy atom. The fourth-order valence-corrected chi connectivity index (χ4v) is 7.41. The number of nitrogens with one attached hydrogen (secondary N) is 2. The molecule has 10 heteroatoms. The summed E-state index contributed by atoms with van der Waals surface area (Å²) in [5.41, 5.74) is 0.329. The number of amides is 3. The zero-order valence-corrected chi connectivity index (χ0v) is 21.8. The van der Waals surface area contributed by atoms with Crippen molar-refractivity contribution in [1.29, 1.82) is 0 Å². The van der Waals surface area contributed by atoms with Crippen LogP contribution in [0, 0.1) is 17.8 Å². The van der Waals surface area contributed by atoms with E-state index in [1.165, 1.54) is 19.3 Å². The topological polar surface area (TPSA) is 125 Å². The molecule has 1 aliphatic heterocycles. The second-order valence-corrected chi connectivity index (χ2v) is 12.1. The number of ether oxygens (including phenoxy) is 1. The Balaban J connectivity index is 1.41. The summed E-state index contributed by atoms with van der Waals surface area (Å²) >= 11 is 1.65. The maximum Gasteiger partial charge on any atom is 0.330 e. The molecule has 36 heavy (non-hydrogen) atoms. The van der Waals surface area contributed by atoms with E-state index in [2.05, 4.69) is 10.6 Å².